The molecule has 0 atom stereocenters. The molecule has 114 valence electrons. The van der Waals surface area contributed by atoms with E-state index in [2.05, 4.69) is 57.1 Å². The molecule has 22 heavy (non-hydrogen) atoms. The molecule has 1 saturated carbocycles. The molecule has 1 aliphatic carbocycles. The number of aromatic nitrogens is 1. The standard InChI is InChI=1S/C17H18BrN3S/c1-2-11-19-17-21(20-15-5-3-4-6-15)16(12-22-17)13-7-9-14(18)10-8-13/h2,7-10,12H,1,3-6,11H2. The molecule has 3 nitrogen and oxygen atoms in total. The van der Waals surface area contributed by atoms with E-state index in [1.54, 1.807) is 11.3 Å². The summed E-state index contributed by atoms with van der Waals surface area (Å²) in [4.78, 5) is 5.51. The third-order valence-corrected chi connectivity index (χ3v) is 4.99. The van der Waals surface area contributed by atoms with Gasteiger partial charge in [-0.3, -0.25) is 4.99 Å². The van der Waals surface area contributed by atoms with Crippen LogP contribution in [0, 0.1) is 0 Å². The molecule has 1 fully saturated rings. The van der Waals surface area contributed by atoms with Crippen LogP contribution in [-0.2, 0) is 0 Å². The third-order valence-electron chi connectivity index (χ3n) is 3.60. The lowest BCUT2D eigenvalue weighted by molar-refractivity contribution is 0.828. The molecule has 0 aliphatic heterocycles. The van der Waals surface area contributed by atoms with Crippen molar-refractivity contribution in [1.82, 2.24) is 4.68 Å². The maximum absolute atomic E-state index is 4.87. The number of benzene rings is 1. The van der Waals surface area contributed by atoms with Gasteiger partial charge in [0.05, 0.1) is 12.2 Å². The van der Waals surface area contributed by atoms with E-state index in [1.807, 2.05) is 10.8 Å². The minimum atomic E-state index is 0.616. The second-order valence-electron chi connectivity index (χ2n) is 5.22. The number of halogens is 1. The Morgan fingerprint density at radius 2 is 1.95 bits per heavy atom. The van der Waals surface area contributed by atoms with Crippen LogP contribution in [0.2, 0.25) is 0 Å². The molecule has 5 heteroatoms. The van der Waals surface area contributed by atoms with Crippen LogP contribution < -0.4 is 4.80 Å². The van der Waals surface area contributed by atoms with Crippen molar-refractivity contribution in [2.75, 3.05) is 6.54 Å². The van der Waals surface area contributed by atoms with Crippen LogP contribution in [0.3, 0.4) is 0 Å². The average molecular weight is 376 g/mol. The number of rotatable bonds is 4. The molecule has 0 radical (unpaired) electrons. The molecule has 2 aromatic rings. The van der Waals surface area contributed by atoms with Crippen LogP contribution in [0.1, 0.15) is 25.7 Å². The molecule has 0 amide bonds. The fourth-order valence-electron chi connectivity index (χ4n) is 2.49. The highest BCUT2D eigenvalue weighted by atomic mass is 79.9. The van der Waals surface area contributed by atoms with E-state index >= 15 is 0 Å². The molecule has 3 rings (SSSR count). The van der Waals surface area contributed by atoms with Crippen LogP contribution in [0.4, 0.5) is 0 Å². The smallest absolute Gasteiger partial charge is 0.206 e. The summed E-state index contributed by atoms with van der Waals surface area (Å²) >= 11 is 5.11. The third kappa shape index (κ3) is 3.47. The van der Waals surface area contributed by atoms with Gasteiger partial charge in [0, 0.05) is 21.1 Å². The first-order chi connectivity index (χ1) is 10.8. The zero-order valence-corrected chi connectivity index (χ0v) is 14.7. The van der Waals surface area contributed by atoms with Gasteiger partial charge in [0.1, 0.15) is 0 Å². The van der Waals surface area contributed by atoms with Gasteiger partial charge in [-0.2, -0.15) is 5.10 Å². The van der Waals surface area contributed by atoms with Crippen LogP contribution in [0.25, 0.3) is 11.3 Å². The highest BCUT2D eigenvalue weighted by Crippen LogP contribution is 2.23. The molecule has 0 spiro atoms. The van der Waals surface area contributed by atoms with E-state index < -0.39 is 0 Å². The largest absolute Gasteiger partial charge is 0.253 e. The first kappa shape index (κ1) is 15.4. The molecule has 0 N–H and O–H groups in total. The van der Waals surface area contributed by atoms with Gasteiger partial charge in [0.2, 0.25) is 4.80 Å². The summed E-state index contributed by atoms with van der Waals surface area (Å²) in [5.41, 5.74) is 3.53. The Bertz CT molecular complexity index is 745. The van der Waals surface area contributed by atoms with E-state index in [4.69, 9.17) is 5.10 Å². The molecule has 1 aromatic carbocycles. The number of thiazole rings is 1. The summed E-state index contributed by atoms with van der Waals surface area (Å²) in [6.45, 7) is 4.36. The number of hydrogen-bond donors (Lipinski definition) is 0. The molecule has 0 bridgehead atoms. The van der Waals surface area contributed by atoms with E-state index in [9.17, 15) is 0 Å². The van der Waals surface area contributed by atoms with E-state index in [1.165, 1.54) is 18.6 Å². The SMILES string of the molecule is C=CCN=c1scc(-c2ccc(Br)cc2)n1N=C1CCCC1. The molecule has 1 aromatic heterocycles. The van der Waals surface area contributed by atoms with Crippen molar-refractivity contribution in [2.24, 2.45) is 10.1 Å². The maximum Gasteiger partial charge on any atom is 0.206 e. The molecule has 1 heterocycles. The summed E-state index contributed by atoms with van der Waals surface area (Å²) in [7, 11) is 0. The molecule has 1 aliphatic rings. The molecule has 0 unspecified atom stereocenters. The Labute approximate surface area is 142 Å². The van der Waals surface area contributed by atoms with Gasteiger partial charge in [-0.1, -0.05) is 34.1 Å². The average Bonchev–Trinajstić information content (AvgIpc) is 3.17. The van der Waals surface area contributed by atoms with Crippen molar-refractivity contribution in [2.45, 2.75) is 25.7 Å². The van der Waals surface area contributed by atoms with Gasteiger partial charge < -0.3 is 0 Å². The summed E-state index contributed by atoms with van der Waals surface area (Å²) < 4.78 is 3.08. The Morgan fingerprint density at radius 1 is 1.23 bits per heavy atom. The van der Waals surface area contributed by atoms with Crippen molar-refractivity contribution < 1.29 is 0 Å². The number of hydrogen-bond acceptors (Lipinski definition) is 3. The van der Waals surface area contributed by atoms with Crippen molar-refractivity contribution in [3.05, 3.63) is 51.6 Å². The lowest BCUT2D eigenvalue weighted by Crippen LogP contribution is -2.14. The first-order valence-electron chi connectivity index (χ1n) is 7.42. The highest BCUT2D eigenvalue weighted by molar-refractivity contribution is 9.10. The summed E-state index contributed by atoms with van der Waals surface area (Å²) in [5.74, 6) is 0. The minimum Gasteiger partial charge on any atom is -0.253 e. The summed E-state index contributed by atoms with van der Waals surface area (Å²) in [6.07, 6.45) is 6.51. The van der Waals surface area contributed by atoms with Gasteiger partial charge >= 0.3 is 0 Å². The molecular weight excluding hydrogens is 358 g/mol. The highest BCUT2D eigenvalue weighted by Gasteiger charge is 2.12. The minimum absolute atomic E-state index is 0.616. The Kier molecular flexibility index (Phi) is 5.05. The van der Waals surface area contributed by atoms with Gasteiger partial charge in [-0.15, -0.1) is 17.9 Å². The Balaban J connectivity index is 2.09. The lowest BCUT2D eigenvalue weighted by Gasteiger charge is -2.05. The quantitative estimate of drug-likeness (QED) is 0.684. The van der Waals surface area contributed by atoms with E-state index in [0.29, 0.717) is 6.54 Å². The summed E-state index contributed by atoms with van der Waals surface area (Å²) in [5, 5.41) is 7.00. The van der Waals surface area contributed by atoms with Crippen molar-refractivity contribution >= 4 is 33.0 Å². The molecule has 0 saturated heterocycles. The van der Waals surface area contributed by atoms with Gasteiger partial charge in [-0.25, -0.2) is 4.68 Å². The lowest BCUT2D eigenvalue weighted by atomic mass is 10.2. The van der Waals surface area contributed by atoms with Gasteiger partial charge in [0.25, 0.3) is 0 Å². The zero-order valence-electron chi connectivity index (χ0n) is 12.3. The van der Waals surface area contributed by atoms with Crippen LogP contribution in [0.15, 0.2) is 56.9 Å². The fourth-order valence-corrected chi connectivity index (χ4v) is 3.60. The number of nitrogens with zero attached hydrogens (tertiary/aromatic N) is 3. The Hall–Kier alpha value is -1.46. The van der Waals surface area contributed by atoms with Crippen LogP contribution in [0.5, 0.6) is 0 Å². The normalized spacial score (nSPS) is 15.3. The van der Waals surface area contributed by atoms with E-state index in [-0.39, 0.29) is 0 Å². The Morgan fingerprint density at radius 3 is 2.64 bits per heavy atom. The first-order valence-corrected chi connectivity index (χ1v) is 9.10. The zero-order chi connectivity index (χ0) is 15.4. The van der Waals surface area contributed by atoms with Crippen molar-refractivity contribution in [3.63, 3.8) is 0 Å². The van der Waals surface area contributed by atoms with Gasteiger partial charge in [-0.05, 0) is 37.8 Å². The summed E-state index contributed by atoms with van der Waals surface area (Å²) in [6, 6.07) is 8.32. The monoisotopic (exact) mass is 375 g/mol. The van der Waals surface area contributed by atoms with Crippen LogP contribution in [-0.4, -0.2) is 16.9 Å². The maximum atomic E-state index is 4.87. The van der Waals surface area contributed by atoms with Crippen LogP contribution >= 0.6 is 27.3 Å². The predicted molar refractivity (Wildman–Crippen MR) is 97.4 cm³/mol. The topological polar surface area (TPSA) is 29.6 Å². The molecular formula is C17H18BrN3S. The van der Waals surface area contributed by atoms with Crippen molar-refractivity contribution in [1.29, 1.82) is 0 Å². The second kappa shape index (κ2) is 7.20. The second-order valence-corrected chi connectivity index (χ2v) is 6.98. The fraction of sp³-hybridized carbons (Fsp3) is 0.294. The van der Waals surface area contributed by atoms with Gasteiger partial charge in [0.15, 0.2) is 0 Å². The predicted octanol–water partition coefficient (Wildman–Crippen LogP) is 4.84. The van der Waals surface area contributed by atoms with Crippen molar-refractivity contribution in [3.8, 4) is 11.3 Å². The van der Waals surface area contributed by atoms with E-state index in [0.717, 1.165) is 33.4 Å².